The highest BCUT2D eigenvalue weighted by atomic mass is 16.4. The third-order valence-electron chi connectivity index (χ3n) is 5.64. The van der Waals surface area contributed by atoms with Gasteiger partial charge >= 0.3 is 5.97 Å². The van der Waals surface area contributed by atoms with Crippen molar-refractivity contribution in [1.82, 2.24) is 9.80 Å². The Bertz CT molecular complexity index is 671. The van der Waals surface area contributed by atoms with E-state index in [-0.39, 0.29) is 29.7 Å². The SMILES string of the molecule is O=C(O)[C@@H]1C[C@H]2CC[C@@H]1N2C(=O)C1CCCN1C(=O)c1ccco1. The van der Waals surface area contributed by atoms with Crippen LogP contribution in [0.4, 0.5) is 0 Å². The van der Waals surface area contributed by atoms with E-state index in [0.29, 0.717) is 19.4 Å². The van der Waals surface area contributed by atoms with E-state index >= 15 is 0 Å². The fraction of sp³-hybridized carbons (Fsp3) is 0.588. The molecule has 4 atom stereocenters. The monoisotopic (exact) mass is 332 g/mol. The van der Waals surface area contributed by atoms with Gasteiger partial charge in [0.2, 0.25) is 5.91 Å². The Morgan fingerprint density at radius 2 is 2.04 bits per heavy atom. The third-order valence-corrected chi connectivity index (χ3v) is 5.64. The number of carbonyl (C=O) groups is 3. The predicted molar refractivity (Wildman–Crippen MR) is 82.2 cm³/mol. The van der Waals surface area contributed by atoms with Gasteiger partial charge in [0.15, 0.2) is 5.76 Å². The summed E-state index contributed by atoms with van der Waals surface area (Å²) >= 11 is 0. The molecule has 3 fully saturated rings. The summed E-state index contributed by atoms with van der Waals surface area (Å²) in [6.45, 7) is 0.529. The normalized spacial score (nSPS) is 31.7. The minimum absolute atomic E-state index is 0.00441. The quantitative estimate of drug-likeness (QED) is 0.902. The van der Waals surface area contributed by atoms with Crippen LogP contribution in [-0.4, -0.2) is 57.4 Å². The first-order valence-corrected chi connectivity index (χ1v) is 8.47. The van der Waals surface area contributed by atoms with Crippen LogP contribution in [0.3, 0.4) is 0 Å². The Hall–Kier alpha value is -2.31. The van der Waals surface area contributed by atoms with Crippen LogP contribution in [0, 0.1) is 5.92 Å². The van der Waals surface area contributed by atoms with Crippen molar-refractivity contribution in [2.24, 2.45) is 5.92 Å². The van der Waals surface area contributed by atoms with Gasteiger partial charge in [0.1, 0.15) is 6.04 Å². The number of carboxylic acid groups (broad SMARTS) is 1. The first-order chi connectivity index (χ1) is 11.6. The van der Waals surface area contributed by atoms with E-state index in [9.17, 15) is 19.5 Å². The lowest BCUT2D eigenvalue weighted by Crippen LogP contribution is -2.50. The van der Waals surface area contributed by atoms with Crippen LogP contribution in [-0.2, 0) is 9.59 Å². The maximum Gasteiger partial charge on any atom is 0.308 e. The molecule has 4 heterocycles. The molecule has 1 aromatic heterocycles. The van der Waals surface area contributed by atoms with Crippen molar-refractivity contribution in [1.29, 1.82) is 0 Å². The van der Waals surface area contributed by atoms with E-state index in [2.05, 4.69) is 0 Å². The highest BCUT2D eigenvalue weighted by Crippen LogP contribution is 2.43. The molecule has 1 N–H and O–H groups in total. The summed E-state index contributed by atoms with van der Waals surface area (Å²) in [5.41, 5.74) is 0. The molecule has 0 spiro atoms. The van der Waals surface area contributed by atoms with Crippen LogP contribution in [0.5, 0.6) is 0 Å². The molecule has 3 aliphatic heterocycles. The molecular formula is C17H20N2O5. The average Bonchev–Trinajstić information content (AvgIpc) is 3.36. The van der Waals surface area contributed by atoms with Crippen LogP contribution in [0.15, 0.2) is 22.8 Å². The topological polar surface area (TPSA) is 91.1 Å². The highest BCUT2D eigenvalue weighted by molar-refractivity contribution is 5.96. The second-order valence-electron chi connectivity index (χ2n) is 6.86. The van der Waals surface area contributed by atoms with E-state index in [1.54, 1.807) is 21.9 Å². The lowest BCUT2D eigenvalue weighted by atomic mass is 9.89. The summed E-state index contributed by atoms with van der Waals surface area (Å²) in [7, 11) is 0. The molecule has 1 unspecified atom stereocenters. The van der Waals surface area contributed by atoms with Gasteiger partial charge in [0.25, 0.3) is 5.91 Å². The first-order valence-electron chi connectivity index (χ1n) is 8.47. The molecule has 0 aliphatic carbocycles. The molecule has 4 rings (SSSR count). The van der Waals surface area contributed by atoms with Crippen molar-refractivity contribution in [2.45, 2.75) is 50.2 Å². The number of amides is 2. The van der Waals surface area contributed by atoms with E-state index in [0.717, 1.165) is 19.3 Å². The number of likely N-dealkylation sites (tertiary alicyclic amines) is 1. The van der Waals surface area contributed by atoms with Gasteiger partial charge in [-0.1, -0.05) is 0 Å². The Kier molecular flexibility index (Phi) is 3.58. The van der Waals surface area contributed by atoms with Crippen molar-refractivity contribution in [3.8, 4) is 0 Å². The van der Waals surface area contributed by atoms with E-state index in [4.69, 9.17) is 4.42 Å². The molecule has 2 amide bonds. The fourth-order valence-corrected chi connectivity index (χ4v) is 4.58. The predicted octanol–water partition coefficient (Wildman–Crippen LogP) is 1.35. The van der Waals surface area contributed by atoms with Gasteiger partial charge in [0, 0.05) is 18.6 Å². The minimum atomic E-state index is -0.824. The van der Waals surface area contributed by atoms with Gasteiger partial charge in [-0.25, -0.2) is 0 Å². The molecular weight excluding hydrogens is 312 g/mol. The zero-order chi connectivity index (χ0) is 16.8. The lowest BCUT2D eigenvalue weighted by Gasteiger charge is -2.30. The molecule has 2 bridgehead atoms. The smallest absolute Gasteiger partial charge is 0.308 e. The molecule has 1 aromatic rings. The number of rotatable bonds is 3. The van der Waals surface area contributed by atoms with Crippen LogP contribution in [0.2, 0.25) is 0 Å². The molecule has 128 valence electrons. The molecule has 0 radical (unpaired) electrons. The number of furan rings is 1. The van der Waals surface area contributed by atoms with Gasteiger partial charge in [-0.15, -0.1) is 0 Å². The van der Waals surface area contributed by atoms with Crippen molar-refractivity contribution in [3.05, 3.63) is 24.2 Å². The largest absolute Gasteiger partial charge is 0.481 e. The van der Waals surface area contributed by atoms with Crippen molar-refractivity contribution in [2.75, 3.05) is 6.54 Å². The second kappa shape index (κ2) is 5.65. The number of nitrogens with zero attached hydrogens (tertiary/aromatic N) is 2. The van der Waals surface area contributed by atoms with E-state index in [1.165, 1.54) is 6.26 Å². The van der Waals surface area contributed by atoms with Gasteiger partial charge in [-0.05, 0) is 44.2 Å². The lowest BCUT2D eigenvalue weighted by molar-refractivity contribution is -0.143. The second-order valence-corrected chi connectivity index (χ2v) is 6.86. The number of fused-ring (bicyclic) bond motifs is 2. The van der Waals surface area contributed by atoms with Crippen molar-refractivity contribution >= 4 is 17.8 Å². The van der Waals surface area contributed by atoms with Crippen LogP contribution in [0.1, 0.15) is 42.7 Å². The average molecular weight is 332 g/mol. The summed E-state index contributed by atoms with van der Waals surface area (Å²) in [6, 6.07) is 2.53. The molecule has 7 nitrogen and oxygen atoms in total. The van der Waals surface area contributed by atoms with E-state index < -0.39 is 17.9 Å². The number of carboxylic acids is 1. The standard InChI is InChI=1S/C17H20N2O5/c20-15(19-10-5-6-12(19)11(9-10)17(22)23)13-3-1-7-18(13)16(21)14-4-2-8-24-14/h2,4,8,10-13H,1,3,5-7,9H2,(H,22,23)/t10-,11-,12+,13?/m1/s1. The number of aliphatic carboxylic acids is 1. The summed E-state index contributed by atoms with van der Waals surface area (Å²) in [6.07, 6.45) is 4.97. The molecule has 24 heavy (non-hydrogen) atoms. The Labute approximate surface area is 139 Å². The molecule has 0 aromatic carbocycles. The summed E-state index contributed by atoms with van der Waals surface area (Å²) < 4.78 is 5.17. The van der Waals surface area contributed by atoms with Gasteiger partial charge in [0.05, 0.1) is 12.2 Å². The van der Waals surface area contributed by atoms with Crippen molar-refractivity contribution < 1.29 is 23.9 Å². The van der Waals surface area contributed by atoms with Crippen LogP contribution in [0.25, 0.3) is 0 Å². The van der Waals surface area contributed by atoms with Crippen LogP contribution >= 0.6 is 0 Å². The zero-order valence-electron chi connectivity index (χ0n) is 13.3. The summed E-state index contributed by atoms with van der Waals surface area (Å²) in [5.74, 6) is -1.42. The maximum absolute atomic E-state index is 13.1. The molecule has 3 aliphatic rings. The van der Waals surface area contributed by atoms with Crippen molar-refractivity contribution in [3.63, 3.8) is 0 Å². The fourth-order valence-electron chi connectivity index (χ4n) is 4.58. The number of hydrogen-bond donors (Lipinski definition) is 1. The number of carbonyl (C=O) groups excluding carboxylic acids is 2. The minimum Gasteiger partial charge on any atom is -0.481 e. The molecule has 3 saturated heterocycles. The zero-order valence-corrected chi connectivity index (χ0v) is 13.3. The Morgan fingerprint density at radius 1 is 1.21 bits per heavy atom. The van der Waals surface area contributed by atoms with Gasteiger partial charge in [-0.2, -0.15) is 0 Å². The van der Waals surface area contributed by atoms with Crippen LogP contribution < -0.4 is 0 Å². The summed E-state index contributed by atoms with van der Waals surface area (Å²) in [4.78, 5) is 40.4. The number of hydrogen-bond acceptors (Lipinski definition) is 4. The molecule has 7 heteroatoms. The Morgan fingerprint density at radius 3 is 2.71 bits per heavy atom. The maximum atomic E-state index is 13.1. The van der Waals surface area contributed by atoms with Gasteiger partial charge in [-0.3, -0.25) is 14.4 Å². The first kappa shape index (κ1) is 15.2. The summed E-state index contributed by atoms with van der Waals surface area (Å²) in [5, 5.41) is 9.35. The third kappa shape index (κ3) is 2.22. The van der Waals surface area contributed by atoms with E-state index in [1.807, 2.05) is 0 Å². The van der Waals surface area contributed by atoms with Gasteiger partial charge < -0.3 is 19.3 Å². The highest BCUT2D eigenvalue weighted by Gasteiger charge is 2.53. The molecule has 0 saturated carbocycles. The Balaban J connectivity index is 1.54.